The highest BCUT2D eigenvalue weighted by Gasteiger charge is 2.50. The highest BCUT2D eigenvalue weighted by Crippen LogP contribution is 2.35. The van der Waals surface area contributed by atoms with Gasteiger partial charge in [0.05, 0.1) is 0 Å². The molecule has 8 nitrogen and oxygen atoms in total. The maximum atomic E-state index is 12.1. The first kappa shape index (κ1) is 20.4. The number of rotatable bonds is 3. The summed E-state index contributed by atoms with van der Waals surface area (Å²) in [4.78, 5) is 12.1. The Hall–Kier alpha value is -0.930. The van der Waals surface area contributed by atoms with E-state index in [1.807, 2.05) is 0 Å². The van der Waals surface area contributed by atoms with Crippen molar-refractivity contribution in [2.75, 3.05) is 0 Å². The number of carbonyl (C=O) groups excluding carboxylic acids is 1. The van der Waals surface area contributed by atoms with Crippen molar-refractivity contribution in [1.82, 2.24) is 0 Å². The molecule has 0 radical (unpaired) electrons. The monoisotopic (exact) mass is 362 g/mol. The summed E-state index contributed by atoms with van der Waals surface area (Å²) in [6.07, 6.45) is -8.94. The van der Waals surface area contributed by atoms with Gasteiger partial charge in [-0.25, -0.2) is 4.79 Å². The highest BCUT2D eigenvalue weighted by molar-refractivity contribution is 5.60. The number of ether oxygens (including phenoxy) is 2. The summed E-state index contributed by atoms with van der Waals surface area (Å²) in [6, 6.07) is 0. The van der Waals surface area contributed by atoms with Gasteiger partial charge in [0.15, 0.2) is 6.10 Å². The van der Waals surface area contributed by atoms with Crippen LogP contribution >= 0.6 is 0 Å². The molecule has 2 rings (SSSR count). The van der Waals surface area contributed by atoms with Crippen molar-refractivity contribution < 1.29 is 39.8 Å². The van der Waals surface area contributed by atoms with E-state index < -0.39 is 42.8 Å². The molecule has 3 unspecified atom stereocenters. The Balaban J connectivity index is 2.00. The second-order valence-electron chi connectivity index (χ2n) is 7.77. The van der Waals surface area contributed by atoms with Crippen LogP contribution in [-0.2, 0) is 9.47 Å². The second-order valence-corrected chi connectivity index (χ2v) is 7.77. The third-order valence-corrected chi connectivity index (χ3v) is 5.51. The van der Waals surface area contributed by atoms with E-state index in [9.17, 15) is 30.3 Å². The fourth-order valence-corrected chi connectivity index (χ4v) is 3.85. The van der Waals surface area contributed by atoms with Gasteiger partial charge in [0.25, 0.3) is 0 Å². The Morgan fingerprint density at radius 3 is 1.92 bits per heavy atom. The van der Waals surface area contributed by atoms with E-state index >= 15 is 0 Å². The van der Waals surface area contributed by atoms with Crippen molar-refractivity contribution in [2.24, 2.45) is 17.8 Å². The summed E-state index contributed by atoms with van der Waals surface area (Å²) in [6.45, 7) is 6.21. The van der Waals surface area contributed by atoms with Gasteiger partial charge in [0.1, 0.15) is 36.6 Å². The summed E-state index contributed by atoms with van der Waals surface area (Å²) in [5.74, 6) is 0.940. The molecule has 0 heterocycles. The number of hydrogen-bond acceptors (Lipinski definition) is 8. The zero-order chi connectivity index (χ0) is 18.9. The maximum Gasteiger partial charge on any atom is 0.509 e. The summed E-state index contributed by atoms with van der Waals surface area (Å²) < 4.78 is 10.4. The number of hydrogen-bond donors (Lipinski definition) is 5. The lowest BCUT2D eigenvalue weighted by atomic mass is 9.75. The Morgan fingerprint density at radius 2 is 1.40 bits per heavy atom. The molecule has 146 valence electrons. The summed E-state index contributed by atoms with van der Waals surface area (Å²) in [5.41, 5.74) is 0. The molecule has 8 heteroatoms. The predicted molar refractivity (Wildman–Crippen MR) is 86.5 cm³/mol. The van der Waals surface area contributed by atoms with Crippen LogP contribution in [0.3, 0.4) is 0 Å². The molecule has 2 aliphatic carbocycles. The van der Waals surface area contributed by atoms with Crippen LogP contribution in [0, 0.1) is 17.8 Å². The van der Waals surface area contributed by atoms with E-state index in [4.69, 9.17) is 9.47 Å². The van der Waals surface area contributed by atoms with Crippen molar-refractivity contribution in [3.63, 3.8) is 0 Å². The smallest absolute Gasteiger partial charge is 0.431 e. The zero-order valence-electron chi connectivity index (χ0n) is 14.9. The standard InChI is InChI=1S/C17H30O8/c1-7(2)9-5-4-8(3)6-10(9)24-17(23)25-16-14(21)12(19)11(18)13(20)15(16)22/h7-16,18-22H,4-6H2,1-3H3/t8?,9?,10?,11-,12-,13+,14-,15-,16-/m0/s1. The quantitative estimate of drug-likeness (QED) is 0.435. The average molecular weight is 362 g/mol. The number of carbonyl (C=O) groups is 1. The van der Waals surface area contributed by atoms with Crippen LogP contribution in [0.2, 0.25) is 0 Å². The minimum absolute atomic E-state index is 0.197. The SMILES string of the molecule is CC1CCC(C(C)C)C(OC(=O)O[C@@H]2[C@@H](O)[C@H](O)[C@@H](O)[C@H](O)[C@@H]2O)C1. The van der Waals surface area contributed by atoms with Crippen molar-refractivity contribution in [1.29, 1.82) is 0 Å². The molecule has 25 heavy (non-hydrogen) atoms. The lowest BCUT2D eigenvalue weighted by molar-refractivity contribution is -0.227. The van der Waals surface area contributed by atoms with Crippen molar-refractivity contribution in [3.8, 4) is 0 Å². The minimum atomic E-state index is -1.74. The fourth-order valence-electron chi connectivity index (χ4n) is 3.85. The van der Waals surface area contributed by atoms with Crippen LogP contribution < -0.4 is 0 Å². The second kappa shape index (κ2) is 8.18. The molecule has 0 amide bonds. The Labute approximate surface area is 147 Å². The molecule has 2 saturated carbocycles. The Bertz CT molecular complexity index is 440. The Kier molecular flexibility index (Phi) is 6.67. The zero-order valence-corrected chi connectivity index (χ0v) is 14.9. The van der Waals surface area contributed by atoms with Crippen LogP contribution in [0.5, 0.6) is 0 Å². The van der Waals surface area contributed by atoms with E-state index in [0.717, 1.165) is 12.8 Å². The first-order valence-electron chi connectivity index (χ1n) is 8.91. The molecule has 9 atom stereocenters. The van der Waals surface area contributed by atoms with E-state index in [1.54, 1.807) is 0 Å². The van der Waals surface area contributed by atoms with Crippen molar-refractivity contribution in [3.05, 3.63) is 0 Å². The van der Waals surface area contributed by atoms with Gasteiger partial charge in [-0.15, -0.1) is 0 Å². The van der Waals surface area contributed by atoms with Crippen LogP contribution in [0.25, 0.3) is 0 Å². The number of aliphatic hydroxyl groups is 5. The average Bonchev–Trinajstić information content (AvgIpc) is 2.55. The number of aliphatic hydroxyl groups excluding tert-OH is 5. The van der Waals surface area contributed by atoms with Crippen LogP contribution in [0.4, 0.5) is 4.79 Å². The normalized spacial score (nSPS) is 45.2. The third kappa shape index (κ3) is 4.43. The molecule has 0 bridgehead atoms. The Morgan fingerprint density at radius 1 is 0.880 bits per heavy atom. The van der Waals surface area contributed by atoms with Gasteiger partial charge >= 0.3 is 6.16 Å². The van der Waals surface area contributed by atoms with E-state index in [0.29, 0.717) is 18.3 Å². The van der Waals surface area contributed by atoms with Gasteiger partial charge in [-0.3, -0.25) is 0 Å². The molecule has 0 aliphatic heterocycles. The van der Waals surface area contributed by atoms with Gasteiger partial charge in [-0.05, 0) is 30.6 Å². The molecule has 0 spiro atoms. The summed E-state index contributed by atoms with van der Waals surface area (Å²) >= 11 is 0. The maximum absolute atomic E-state index is 12.1. The molecule has 0 saturated heterocycles. The first-order valence-corrected chi connectivity index (χ1v) is 8.91. The predicted octanol–water partition coefficient (Wildman–Crippen LogP) is -0.213. The van der Waals surface area contributed by atoms with Gasteiger partial charge in [-0.2, -0.15) is 0 Å². The third-order valence-electron chi connectivity index (χ3n) is 5.51. The lowest BCUT2D eigenvalue weighted by Crippen LogP contribution is -2.64. The van der Waals surface area contributed by atoms with E-state index in [-0.39, 0.29) is 12.0 Å². The van der Waals surface area contributed by atoms with E-state index in [2.05, 4.69) is 20.8 Å². The van der Waals surface area contributed by atoms with Crippen molar-refractivity contribution in [2.45, 2.75) is 82.8 Å². The molecule has 0 aromatic carbocycles. The summed E-state index contributed by atoms with van der Waals surface area (Å²) in [5, 5.41) is 48.7. The van der Waals surface area contributed by atoms with Gasteiger partial charge in [0, 0.05) is 0 Å². The van der Waals surface area contributed by atoms with Crippen LogP contribution in [-0.4, -0.2) is 74.4 Å². The molecule has 0 aromatic heterocycles. The fraction of sp³-hybridized carbons (Fsp3) is 0.941. The molecule has 2 fully saturated rings. The molecule has 2 aliphatic rings. The first-order chi connectivity index (χ1) is 11.6. The van der Waals surface area contributed by atoms with Crippen LogP contribution in [0.1, 0.15) is 40.0 Å². The minimum Gasteiger partial charge on any atom is -0.431 e. The largest absolute Gasteiger partial charge is 0.509 e. The molecule has 0 aromatic rings. The summed E-state index contributed by atoms with van der Waals surface area (Å²) in [7, 11) is 0. The highest BCUT2D eigenvalue weighted by atomic mass is 16.7. The molecular formula is C17H30O8. The van der Waals surface area contributed by atoms with Crippen molar-refractivity contribution >= 4 is 6.16 Å². The van der Waals surface area contributed by atoms with E-state index in [1.165, 1.54) is 0 Å². The topological polar surface area (TPSA) is 137 Å². The molecule has 5 N–H and O–H groups in total. The van der Waals surface area contributed by atoms with Gasteiger partial charge in [0.2, 0.25) is 0 Å². The molecular weight excluding hydrogens is 332 g/mol. The van der Waals surface area contributed by atoms with Gasteiger partial charge < -0.3 is 35.0 Å². The lowest BCUT2D eigenvalue weighted by Gasteiger charge is -2.41. The van der Waals surface area contributed by atoms with Gasteiger partial charge in [-0.1, -0.05) is 27.2 Å². The van der Waals surface area contributed by atoms with Crippen LogP contribution in [0.15, 0.2) is 0 Å².